The first kappa shape index (κ1) is 9.37. The predicted octanol–water partition coefficient (Wildman–Crippen LogP) is -0.611. The zero-order chi connectivity index (χ0) is 9.84. The van der Waals surface area contributed by atoms with Crippen LogP contribution in [0.4, 0.5) is 0 Å². The van der Waals surface area contributed by atoms with Crippen LogP contribution in [0.5, 0.6) is 0 Å². The fourth-order valence-electron chi connectivity index (χ4n) is 0.784. The Morgan fingerprint density at radius 1 is 1.08 bits per heavy atom. The fourth-order valence-corrected chi connectivity index (χ4v) is 0.784. The minimum absolute atomic E-state index is 0.00870. The van der Waals surface area contributed by atoms with Gasteiger partial charge in [-0.1, -0.05) is 0 Å². The van der Waals surface area contributed by atoms with E-state index in [1.807, 2.05) is 0 Å². The predicted molar refractivity (Wildman–Crippen MR) is 41.7 cm³/mol. The Labute approximate surface area is 74.9 Å². The molecule has 13 heavy (non-hydrogen) atoms. The summed E-state index contributed by atoms with van der Waals surface area (Å²) in [5.41, 5.74) is 0. The Morgan fingerprint density at radius 3 is 1.77 bits per heavy atom. The quantitative estimate of drug-likeness (QED) is 0.603. The van der Waals surface area contributed by atoms with E-state index in [9.17, 15) is 9.59 Å². The van der Waals surface area contributed by atoms with E-state index in [1.165, 1.54) is 13.8 Å². The van der Waals surface area contributed by atoms with Crippen molar-refractivity contribution in [1.82, 2.24) is 10.6 Å². The highest BCUT2D eigenvalue weighted by Gasteiger charge is 2.19. The Hall–Kier alpha value is -1.72. The van der Waals surface area contributed by atoms with Crippen LogP contribution in [0.25, 0.3) is 0 Å². The van der Waals surface area contributed by atoms with Crippen LogP contribution in [-0.2, 0) is 19.1 Å². The Bertz CT molecular complexity index is 246. The third-order valence-electron chi connectivity index (χ3n) is 1.19. The molecule has 1 rings (SSSR count). The average molecular weight is 186 g/mol. The number of hydrogen-bond donors (Lipinski definition) is 2. The molecule has 0 aliphatic carbocycles. The van der Waals surface area contributed by atoms with Crippen molar-refractivity contribution in [2.24, 2.45) is 0 Å². The molecule has 0 saturated carbocycles. The van der Waals surface area contributed by atoms with E-state index >= 15 is 0 Å². The number of amides is 2. The SMILES string of the molecule is CC(=O)NC1=C(NC(C)=O)OCO1. The van der Waals surface area contributed by atoms with Gasteiger partial charge in [-0.25, -0.2) is 0 Å². The van der Waals surface area contributed by atoms with Crippen LogP contribution in [0.1, 0.15) is 13.8 Å². The molecule has 1 heterocycles. The molecule has 0 fully saturated rings. The molecule has 0 aromatic heterocycles. The van der Waals surface area contributed by atoms with Gasteiger partial charge in [0.15, 0.2) is 0 Å². The Morgan fingerprint density at radius 2 is 1.46 bits per heavy atom. The lowest BCUT2D eigenvalue weighted by molar-refractivity contribution is -0.120. The van der Waals surface area contributed by atoms with Crippen LogP contribution in [-0.4, -0.2) is 18.6 Å². The molecule has 0 atom stereocenters. The number of carbonyl (C=O) groups excluding carboxylic acids is 2. The molecule has 0 radical (unpaired) electrons. The van der Waals surface area contributed by atoms with Crippen molar-refractivity contribution in [3.05, 3.63) is 11.8 Å². The second kappa shape index (κ2) is 3.79. The van der Waals surface area contributed by atoms with E-state index in [0.717, 1.165) is 0 Å². The van der Waals surface area contributed by atoms with Gasteiger partial charge in [-0.3, -0.25) is 20.2 Å². The zero-order valence-electron chi connectivity index (χ0n) is 7.34. The molecule has 2 amide bonds. The summed E-state index contributed by atoms with van der Waals surface area (Å²) in [5.74, 6) is -0.294. The van der Waals surface area contributed by atoms with Crippen LogP contribution in [0.3, 0.4) is 0 Å². The number of hydrogen-bond acceptors (Lipinski definition) is 4. The molecule has 2 N–H and O–H groups in total. The molecule has 6 nitrogen and oxygen atoms in total. The second-order valence-electron chi connectivity index (χ2n) is 2.43. The van der Waals surface area contributed by atoms with Gasteiger partial charge in [0.25, 0.3) is 11.8 Å². The molecular formula is C7H10N2O4. The first-order valence-electron chi connectivity index (χ1n) is 3.64. The Balaban J connectivity index is 2.65. The van der Waals surface area contributed by atoms with E-state index in [1.54, 1.807) is 0 Å². The third-order valence-corrected chi connectivity index (χ3v) is 1.19. The summed E-state index contributed by atoms with van der Waals surface area (Å²) in [6.07, 6.45) is 0. The van der Waals surface area contributed by atoms with E-state index in [0.29, 0.717) is 0 Å². The van der Waals surface area contributed by atoms with Crippen molar-refractivity contribution in [2.45, 2.75) is 13.8 Å². The van der Waals surface area contributed by atoms with Crippen molar-refractivity contribution in [2.75, 3.05) is 6.79 Å². The van der Waals surface area contributed by atoms with E-state index < -0.39 is 0 Å². The average Bonchev–Trinajstić information content (AvgIpc) is 2.34. The molecule has 0 spiro atoms. The first-order valence-corrected chi connectivity index (χ1v) is 3.64. The zero-order valence-corrected chi connectivity index (χ0v) is 7.34. The summed E-state index contributed by atoms with van der Waals surface area (Å²) in [7, 11) is 0. The molecule has 1 aliphatic heterocycles. The summed E-state index contributed by atoms with van der Waals surface area (Å²) < 4.78 is 9.78. The lowest BCUT2D eigenvalue weighted by atomic mass is 10.6. The molecule has 0 bridgehead atoms. The van der Waals surface area contributed by atoms with E-state index in [-0.39, 0.29) is 30.4 Å². The third kappa shape index (κ3) is 2.66. The van der Waals surface area contributed by atoms with Gasteiger partial charge in [0.1, 0.15) is 0 Å². The number of rotatable bonds is 2. The first-order chi connectivity index (χ1) is 6.09. The normalized spacial score (nSPS) is 14.6. The van der Waals surface area contributed by atoms with Crippen molar-refractivity contribution in [1.29, 1.82) is 0 Å². The van der Waals surface area contributed by atoms with Gasteiger partial charge >= 0.3 is 0 Å². The number of carbonyl (C=O) groups is 2. The lowest BCUT2D eigenvalue weighted by Crippen LogP contribution is -2.26. The van der Waals surface area contributed by atoms with E-state index in [2.05, 4.69) is 10.6 Å². The van der Waals surface area contributed by atoms with Gasteiger partial charge in [0, 0.05) is 13.8 Å². The van der Waals surface area contributed by atoms with Crippen molar-refractivity contribution >= 4 is 11.8 Å². The van der Waals surface area contributed by atoms with Crippen LogP contribution in [0.2, 0.25) is 0 Å². The standard InChI is InChI=1S/C7H10N2O4/c1-4(10)8-6-7(9-5(2)11)13-3-12-6/h3H2,1-2H3,(H,8,10)(H,9,11). The summed E-state index contributed by atoms with van der Waals surface area (Å²) in [6.45, 7) is 2.66. The molecule has 0 unspecified atom stereocenters. The number of ether oxygens (including phenoxy) is 2. The minimum atomic E-state index is -0.289. The van der Waals surface area contributed by atoms with Crippen molar-refractivity contribution < 1.29 is 19.1 Å². The molecule has 6 heteroatoms. The maximum atomic E-state index is 10.6. The molecule has 1 aliphatic rings. The largest absolute Gasteiger partial charge is 0.437 e. The summed E-state index contributed by atoms with van der Waals surface area (Å²) in [4.78, 5) is 21.3. The van der Waals surface area contributed by atoms with Gasteiger partial charge in [-0.2, -0.15) is 0 Å². The summed E-state index contributed by atoms with van der Waals surface area (Å²) in [6, 6.07) is 0. The molecule has 0 saturated heterocycles. The smallest absolute Gasteiger partial charge is 0.259 e. The van der Waals surface area contributed by atoms with E-state index in [4.69, 9.17) is 9.47 Å². The molecule has 72 valence electrons. The van der Waals surface area contributed by atoms with Crippen LogP contribution < -0.4 is 10.6 Å². The maximum Gasteiger partial charge on any atom is 0.259 e. The van der Waals surface area contributed by atoms with Crippen molar-refractivity contribution in [3.63, 3.8) is 0 Å². The number of nitrogens with one attached hydrogen (secondary N) is 2. The fraction of sp³-hybridized carbons (Fsp3) is 0.429. The Kier molecular flexibility index (Phi) is 2.73. The van der Waals surface area contributed by atoms with Crippen LogP contribution >= 0.6 is 0 Å². The summed E-state index contributed by atoms with van der Waals surface area (Å²) in [5, 5.41) is 4.75. The highest BCUT2D eigenvalue weighted by molar-refractivity contribution is 5.76. The summed E-state index contributed by atoms with van der Waals surface area (Å²) >= 11 is 0. The van der Waals surface area contributed by atoms with Gasteiger partial charge in [0.05, 0.1) is 0 Å². The highest BCUT2D eigenvalue weighted by atomic mass is 16.7. The van der Waals surface area contributed by atoms with Gasteiger partial charge in [-0.15, -0.1) is 0 Å². The molecular weight excluding hydrogens is 176 g/mol. The van der Waals surface area contributed by atoms with Crippen molar-refractivity contribution in [3.8, 4) is 0 Å². The molecule has 0 aromatic rings. The van der Waals surface area contributed by atoms with Crippen LogP contribution in [0, 0.1) is 0 Å². The van der Waals surface area contributed by atoms with Crippen LogP contribution in [0.15, 0.2) is 11.8 Å². The van der Waals surface area contributed by atoms with Gasteiger partial charge in [-0.05, 0) is 0 Å². The van der Waals surface area contributed by atoms with Gasteiger partial charge in [0.2, 0.25) is 18.6 Å². The highest BCUT2D eigenvalue weighted by Crippen LogP contribution is 2.10. The minimum Gasteiger partial charge on any atom is -0.437 e. The molecule has 0 aromatic carbocycles. The second-order valence-corrected chi connectivity index (χ2v) is 2.43. The lowest BCUT2D eigenvalue weighted by Gasteiger charge is -2.02. The maximum absolute atomic E-state index is 10.6. The topological polar surface area (TPSA) is 76.7 Å². The monoisotopic (exact) mass is 186 g/mol. The van der Waals surface area contributed by atoms with Gasteiger partial charge < -0.3 is 9.47 Å².